The van der Waals surface area contributed by atoms with Crippen LogP contribution in [0, 0.1) is 0 Å². The monoisotopic (exact) mass is 293 g/mol. The van der Waals surface area contributed by atoms with E-state index >= 15 is 0 Å². The van der Waals surface area contributed by atoms with Crippen molar-refractivity contribution < 1.29 is 14.2 Å². The van der Waals surface area contributed by atoms with Crippen LogP contribution in [0.5, 0.6) is 11.5 Å². The van der Waals surface area contributed by atoms with Crippen molar-refractivity contribution in [3.8, 4) is 11.5 Å². The van der Waals surface area contributed by atoms with Crippen LogP contribution in [0.3, 0.4) is 0 Å². The van der Waals surface area contributed by atoms with Gasteiger partial charge in [0.05, 0.1) is 13.2 Å². The van der Waals surface area contributed by atoms with Crippen LogP contribution in [0.2, 0.25) is 0 Å². The number of rotatable bonds is 6. The van der Waals surface area contributed by atoms with E-state index in [1.807, 2.05) is 19.2 Å². The van der Waals surface area contributed by atoms with Crippen LogP contribution in [-0.4, -0.2) is 33.5 Å². The first kappa shape index (κ1) is 16.1. The Bertz CT molecular complexity index is 450. The number of benzene rings is 1. The molecule has 0 amide bonds. The van der Waals surface area contributed by atoms with Crippen LogP contribution in [0.15, 0.2) is 18.2 Å². The Morgan fingerprint density at radius 3 is 2.57 bits per heavy atom. The van der Waals surface area contributed by atoms with Gasteiger partial charge in [0.1, 0.15) is 6.10 Å². The van der Waals surface area contributed by atoms with E-state index in [-0.39, 0.29) is 6.10 Å². The second kappa shape index (κ2) is 7.66. The van der Waals surface area contributed by atoms with Gasteiger partial charge in [-0.3, -0.25) is 0 Å². The Kier molecular flexibility index (Phi) is 5.88. The molecule has 0 aliphatic heterocycles. The molecule has 1 fully saturated rings. The van der Waals surface area contributed by atoms with Gasteiger partial charge in [-0.2, -0.15) is 0 Å². The fraction of sp³-hybridized carbons (Fsp3) is 0.647. The van der Waals surface area contributed by atoms with E-state index in [1.54, 1.807) is 14.2 Å². The molecule has 1 aromatic rings. The summed E-state index contributed by atoms with van der Waals surface area (Å²) in [6, 6.07) is 6.45. The van der Waals surface area contributed by atoms with Crippen LogP contribution >= 0.6 is 0 Å². The second-order valence-electron chi connectivity index (χ2n) is 5.68. The van der Waals surface area contributed by atoms with Crippen molar-refractivity contribution in [2.24, 2.45) is 0 Å². The van der Waals surface area contributed by atoms with E-state index in [0.29, 0.717) is 12.1 Å². The topological polar surface area (TPSA) is 39.7 Å². The lowest BCUT2D eigenvalue weighted by Crippen LogP contribution is -2.29. The molecule has 1 aliphatic rings. The molecule has 3 atom stereocenters. The average molecular weight is 293 g/mol. The molecule has 118 valence electrons. The summed E-state index contributed by atoms with van der Waals surface area (Å²) in [5, 5.41) is 3.23. The lowest BCUT2D eigenvalue weighted by Gasteiger charge is -2.29. The molecule has 21 heavy (non-hydrogen) atoms. The van der Waals surface area contributed by atoms with Crippen LogP contribution < -0.4 is 14.8 Å². The highest BCUT2D eigenvalue weighted by molar-refractivity contribution is 5.44. The van der Waals surface area contributed by atoms with Crippen molar-refractivity contribution in [1.82, 2.24) is 5.32 Å². The van der Waals surface area contributed by atoms with E-state index in [0.717, 1.165) is 37.2 Å². The van der Waals surface area contributed by atoms with Gasteiger partial charge < -0.3 is 19.5 Å². The smallest absolute Gasteiger partial charge is 0.161 e. The fourth-order valence-electron chi connectivity index (χ4n) is 2.82. The zero-order valence-electron chi connectivity index (χ0n) is 13.5. The average Bonchev–Trinajstić information content (AvgIpc) is 2.54. The summed E-state index contributed by atoms with van der Waals surface area (Å²) < 4.78 is 17.1. The Morgan fingerprint density at radius 1 is 1.14 bits per heavy atom. The molecule has 4 heteroatoms. The normalized spacial score (nSPS) is 23.6. The Morgan fingerprint density at radius 2 is 1.90 bits per heavy atom. The minimum absolute atomic E-state index is 0.213. The molecule has 0 saturated heterocycles. The highest BCUT2D eigenvalue weighted by atomic mass is 16.5. The number of nitrogens with one attached hydrogen (secondary N) is 1. The first-order chi connectivity index (χ1) is 10.2. The fourth-order valence-corrected chi connectivity index (χ4v) is 2.82. The summed E-state index contributed by atoms with van der Waals surface area (Å²) in [7, 11) is 5.42. The maximum atomic E-state index is 6.15. The van der Waals surface area contributed by atoms with Crippen molar-refractivity contribution in [3.05, 3.63) is 23.8 Å². The molecule has 0 spiro atoms. The van der Waals surface area contributed by atoms with E-state index < -0.39 is 0 Å². The van der Waals surface area contributed by atoms with Gasteiger partial charge in [-0.15, -0.1) is 0 Å². The lowest BCUT2D eigenvalue weighted by molar-refractivity contribution is 0.0201. The summed E-state index contributed by atoms with van der Waals surface area (Å²) in [5.74, 6) is 1.63. The van der Waals surface area contributed by atoms with Gasteiger partial charge in [-0.25, -0.2) is 0 Å². The second-order valence-corrected chi connectivity index (χ2v) is 5.68. The molecule has 4 nitrogen and oxygen atoms in total. The van der Waals surface area contributed by atoms with Crippen LogP contribution in [0.4, 0.5) is 0 Å². The van der Waals surface area contributed by atoms with Gasteiger partial charge in [0.15, 0.2) is 11.5 Å². The minimum Gasteiger partial charge on any atom is -0.493 e. The minimum atomic E-state index is 0.213. The van der Waals surface area contributed by atoms with Crippen LogP contribution in [-0.2, 0) is 4.74 Å². The molecule has 1 N–H and O–H groups in total. The molecule has 0 radical (unpaired) electrons. The highest BCUT2D eigenvalue weighted by Crippen LogP contribution is 2.33. The van der Waals surface area contributed by atoms with Crippen LogP contribution in [0.25, 0.3) is 0 Å². The van der Waals surface area contributed by atoms with Crippen LogP contribution in [0.1, 0.15) is 44.2 Å². The first-order valence-electron chi connectivity index (χ1n) is 7.72. The predicted molar refractivity (Wildman–Crippen MR) is 84.1 cm³/mol. The Hall–Kier alpha value is -1.26. The molecule has 3 unspecified atom stereocenters. The molecule has 0 heterocycles. The zero-order chi connectivity index (χ0) is 15.2. The first-order valence-corrected chi connectivity index (χ1v) is 7.72. The van der Waals surface area contributed by atoms with Crippen molar-refractivity contribution in [3.63, 3.8) is 0 Å². The molecule has 1 aromatic carbocycles. The SMILES string of the molecule is CNC(C)c1ccc(OC2CCCC(OC)C2)c(OC)c1. The maximum Gasteiger partial charge on any atom is 0.161 e. The van der Waals surface area contributed by atoms with Crippen molar-refractivity contribution >= 4 is 0 Å². The van der Waals surface area contributed by atoms with Crippen molar-refractivity contribution in [2.75, 3.05) is 21.3 Å². The van der Waals surface area contributed by atoms with Crippen molar-refractivity contribution in [2.45, 2.75) is 50.9 Å². The molecular formula is C17H27NO3. The summed E-state index contributed by atoms with van der Waals surface area (Å²) in [4.78, 5) is 0. The molecule has 2 rings (SSSR count). The summed E-state index contributed by atoms with van der Waals surface area (Å²) in [6.07, 6.45) is 4.85. The molecule has 1 saturated carbocycles. The van der Waals surface area contributed by atoms with Gasteiger partial charge >= 0.3 is 0 Å². The third kappa shape index (κ3) is 4.11. The molecule has 0 bridgehead atoms. The Balaban J connectivity index is 2.08. The zero-order valence-corrected chi connectivity index (χ0v) is 13.5. The van der Waals surface area contributed by atoms with Gasteiger partial charge in [0, 0.05) is 19.6 Å². The summed E-state index contributed by atoms with van der Waals surface area (Å²) >= 11 is 0. The molecule has 1 aliphatic carbocycles. The third-order valence-corrected chi connectivity index (χ3v) is 4.33. The third-order valence-electron chi connectivity index (χ3n) is 4.33. The largest absolute Gasteiger partial charge is 0.493 e. The Labute approximate surface area is 127 Å². The predicted octanol–water partition coefficient (Wildman–Crippen LogP) is 3.31. The number of hydrogen-bond acceptors (Lipinski definition) is 4. The number of methoxy groups -OCH3 is 2. The number of hydrogen-bond donors (Lipinski definition) is 1. The van der Waals surface area contributed by atoms with E-state index in [1.165, 1.54) is 5.56 Å². The van der Waals surface area contributed by atoms with Crippen molar-refractivity contribution in [1.29, 1.82) is 0 Å². The van der Waals surface area contributed by atoms with Gasteiger partial charge in [0.25, 0.3) is 0 Å². The van der Waals surface area contributed by atoms with E-state index in [9.17, 15) is 0 Å². The van der Waals surface area contributed by atoms with E-state index in [2.05, 4.69) is 18.3 Å². The highest BCUT2D eigenvalue weighted by Gasteiger charge is 2.24. The standard InChI is InChI=1S/C17H27NO3/c1-12(18-2)13-8-9-16(17(10-13)20-4)21-15-7-5-6-14(11-15)19-3/h8-10,12,14-15,18H,5-7,11H2,1-4H3. The molecular weight excluding hydrogens is 266 g/mol. The number of ether oxygens (including phenoxy) is 3. The van der Waals surface area contributed by atoms with E-state index in [4.69, 9.17) is 14.2 Å². The lowest BCUT2D eigenvalue weighted by atomic mass is 9.95. The molecule has 0 aromatic heterocycles. The maximum absolute atomic E-state index is 6.15. The quantitative estimate of drug-likeness (QED) is 0.873. The van der Waals surface area contributed by atoms with Gasteiger partial charge in [-0.1, -0.05) is 6.07 Å². The summed E-state index contributed by atoms with van der Waals surface area (Å²) in [6.45, 7) is 2.12. The van der Waals surface area contributed by atoms with Gasteiger partial charge in [0.2, 0.25) is 0 Å². The summed E-state index contributed by atoms with van der Waals surface area (Å²) in [5.41, 5.74) is 1.19. The van der Waals surface area contributed by atoms with Gasteiger partial charge in [-0.05, 0) is 50.9 Å².